The second kappa shape index (κ2) is 7.39. The minimum Gasteiger partial charge on any atom is -0.352 e. The molecule has 0 unspecified atom stereocenters. The SMILES string of the molecule is C[C@@H]1C[C@@H](C)CN(CCCNC(=O)c2cccnc2)C1. The zero-order chi connectivity index (χ0) is 14.4. The van der Waals surface area contributed by atoms with Crippen LogP contribution in [0.4, 0.5) is 0 Å². The van der Waals surface area contributed by atoms with E-state index in [1.54, 1.807) is 24.5 Å². The molecule has 1 saturated heterocycles. The van der Waals surface area contributed by atoms with Gasteiger partial charge >= 0.3 is 0 Å². The highest BCUT2D eigenvalue weighted by atomic mass is 16.1. The molecule has 0 aromatic carbocycles. The van der Waals surface area contributed by atoms with E-state index in [4.69, 9.17) is 0 Å². The van der Waals surface area contributed by atoms with Gasteiger partial charge in [0.25, 0.3) is 5.91 Å². The van der Waals surface area contributed by atoms with Gasteiger partial charge in [-0.2, -0.15) is 0 Å². The average molecular weight is 275 g/mol. The molecule has 1 aliphatic rings. The van der Waals surface area contributed by atoms with Crippen LogP contribution in [0.3, 0.4) is 0 Å². The number of rotatable bonds is 5. The lowest BCUT2D eigenvalue weighted by Gasteiger charge is -2.34. The number of nitrogens with one attached hydrogen (secondary N) is 1. The number of amides is 1. The first-order chi connectivity index (χ1) is 9.65. The second-order valence-corrected chi connectivity index (χ2v) is 6.06. The first-order valence-electron chi connectivity index (χ1n) is 7.55. The third-order valence-corrected chi connectivity index (χ3v) is 3.80. The van der Waals surface area contributed by atoms with Gasteiger partial charge in [0.15, 0.2) is 0 Å². The Kier molecular flexibility index (Phi) is 5.53. The number of carbonyl (C=O) groups excluding carboxylic acids is 1. The molecule has 0 radical (unpaired) electrons. The summed E-state index contributed by atoms with van der Waals surface area (Å²) in [5, 5.41) is 2.96. The smallest absolute Gasteiger partial charge is 0.252 e. The van der Waals surface area contributed by atoms with Crippen LogP contribution in [0.15, 0.2) is 24.5 Å². The maximum absolute atomic E-state index is 11.8. The summed E-state index contributed by atoms with van der Waals surface area (Å²) in [5.74, 6) is 1.56. The van der Waals surface area contributed by atoms with Gasteiger partial charge in [-0.05, 0) is 43.4 Å². The molecule has 4 heteroatoms. The predicted octanol–water partition coefficient (Wildman–Crippen LogP) is 2.18. The van der Waals surface area contributed by atoms with Crippen LogP contribution in [0.2, 0.25) is 0 Å². The molecular weight excluding hydrogens is 250 g/mol. The van der Waals surface area contributed by atoms with Crippen LogP contribution < -0.4 is 5.32 Å². The van der Waals surface area contributed by atoms with Crippen LogP contribution in [0.1, 0.15) is 37.0 Å². The number of piperidine rings is 1. The molecular formula is C16H25N3O. The van der Waals surface area contributed by atoms with Crippen molar-refractivity contribution in [1.29, 1.82) is 0 Å². The largest absolute Gasteiger partial charge is 0.352 e. The molecule has 110 valence electrons. The molecule has 1 aliphatic heterocycles. The Morgan fingerprint density at radius 3 is 2.80 bits per heavy atom. The lowest BCUT2D eigenvalue weighted by Crippen LogP contribution is -2.40. The third kappa shape index (κ3) is 4.60. The van der Waals surface area contributed by atoms with Crippen LogP contribution in [-0.2, 0) is 0 Å². The van der Waals surface area contributed by atoms with Crippen molar-refractivity contribution in [2.24, 2.45) is 11.8 Å². The number of carbonyl (C=O) groups is 1. The van der Waals surface area contributed by atoms with Crippen molar-refractivity contribution in [2.45, 2.75) is 26.7 Å². The highest BCUT2D eigenvalue weighted by Crippen LogP contribution is 2.20. The highest BCUT2D eigenvalue weighted by molar-refractivity contribution is 5.93. The first-order valence-corrected chi connectivity index (χ1v) is 7.55. The Balaban J connectivity index is 1.65. The summed E-state index contributed by atoms with van der Waals surface area (Å²) in [7, 11) is 0. The molecule has 1 amide bonds. The minimum absolute atomic E-state index is 0.0292. The van der Waals surface area contributed by atoms with Crippen molar-refractivity contribution in [3.63, 3.8) is 0 Å². The second-order valence-electron chi connectivity index (χ2n) is 6.06. The standard InChI is InChI=1S/C16H25N3O/c1-13-9-14(2)12-19(11-13)8-4-7-18-16(20)15-5-3-6-17-10-15/h3,5-6,10,13-14H,4,7-9,11-12H2,1-2H3,(H,18,20)/t13-,14-/m1/s1. The third-order valence-electron chi connectivity index (χ3n) is 3.80. The molecule has 4 nitrogen and oxygen atoms in total. The Labute approximate surface area is 121 Å². The molecule has 1 aromatic rings. The quantitative estimate of drug-likeness (QED) is 0.838. The zero-order valence-corrected chi connectivity index (χ0v) is 12.5. The van der Waals surface area contributed by atoms with Gasteiger partial charge in [0, 0.05) is 32.0 Å². The number of nitrogens with zero attached hydrogens (tertiary/aromatic N) is 2. The summed E-state index contributed by atoms with van der Waals surface area (Å²) in [6, 6.07) is 3.57. The monoisotopic (exact) mass is 275 g/mol. The fraction of sp³-hybridized carbons (Fsp3) is 0.625. The van der Waals surface area contributed by atoms with Crippen molar-refractivity contribution < 1.29 is 4.79 Å². The summed E-state index contributed by atoms with van der Waals surface area (Å²) in [4.78, 5) is 18.3. The van der Waals surface area contributed by atoms with Crippen LogP contribution in [0.25, 0.3) is 0 Å². The van der Waals surface area contributed by atoms with E-state index >= 15 is 0 Å². The molecule has 0 spiro atoms. The van der Waals surface area contributed by atoms with Crippen molar-refractivity contribution >= 4 is 5.91 Å². The summed E-state index contributed by atoms with van der Waals surface area (Å²) in [6.07, 6.45) is 5.62. The average Bonchev–Trinajstić information content (AvgIpc) is 2.43. The van der Waals surface area contributed by atoms with Gasteiger partial charge in [0.1, 0.15) is 0 Å². The minimum atomic E-state index is -0.0292. The van der Waals surface area contributed by atoms with Crippen LogP contribution in [-0.4, -0.2) is 42.0 Å². The van der Waals surface area contributed by atoms with Crippen LogP contribution in [0.5, 0.6) is 0 Å². The highest BCUT2D eigenvalue weighted by Gasteiger charge is 2.20. The van der Waals surface area contributed by atoms with Gasteiger partial charge in [-0.3, -0.25) is 9.78 Å². The molecule has 0 saturated carbocycles. The lowest BCUT2D eigenvalue weighted by molar-refractivity contribution is 0.0947. The molecule has 2 atom stereocenters. The predicted molar refractivity (Wildman–Crippen MR) is 80.6 cm³/mol. The van der Waals surface area contributed by atoms with E-state index in [0.717, 1.165) is 31.3 Å². The van der Waals surface area contributed by atoms with Gasteiger partial charge in [-0.1, -0.05) is 13.8 Å². The summed E-state index contributed by atoms with van der Waals surface area (Å²) >= 11 is 0. The Hall–Kier alpha value is -1.42. The zero-order valence-electron chi connectivity index (χ0n) is 12.5. The number of hydrogen-bond acceptors (Lipinski definition) is 3. The topological polar surface area (TPSA) is 45.2 Å². The first kappa shape index (κ1) is 15.0. The summed E-state index contributed by atoms with van der Waals surface area (Å²) in [6.45, 7) is 8.84. The number of likely N-dealkylation sites (tertiary alicyclic amines) is 1. The summed E-state index contributed by atoms with van der Waals surface area (Å²) in [5.41, 5.74) is 0.632. The van der Waals surface area contributed by atoms with Gasteiger partial charge in [0.2, 0.25) is 0 Å². The Morgan fingerprint density at radius 2 is 2.15 bits per heavy atom. The van der Waals surface area contributed by atoms with Gasteiger partial charge in [-0.25, -0.2) is 0 Å². The van der Waals surface area contributed by atoms with E-state index in [-0.39, 0.29) is 5.91 Å². The van der Waals surface area contributed by atoms with Crippen LogP contribution >= 0.6 is 0 Å². The molecule has 2 heterocycles. The maximum atomic E-state index is 11.8. The van der Waals surface area contributed by atoms with E-state index in [1.165, 1.54) is 19.5 Å². The summed E-state index contributed by atoms with van der Waals surface area (Å²) < 4.78 is 0. The molecule has 0 bridgehead atoms. The van der Waals surface area contributed by atoms with Gasteiger partial charge < -0.3 is 10.2 Å². The van der Waals surface area contributed by atoms with E-state index in [1.807, 2.05) is 0 Å². The fourth-order valence-electron chi connectivity index (χ4n) is 3.08. The Bertz CT molecular complexity index is 411. The van der Waals surface area contributed by atoms with Gasteiger partial charge in [-0.15, -0.1) is 0 Å². The van der Waals surface area contributed by atoms with E-state index in [2.05, 4.69) is 29.0 Å². The number of hydrogen-bond donors (Lipinski definition) is 1. The number of aromatic nitrogens is 1. The van der Waals surface area contributed by atoms with Crippen LogP contribution in [0, 0.1) is 11.8 Å². The van der Waals surface area contributed by atoms with E-state index in [0.29, 0.717) is 5.56 Å². The van der Waals surface area contributed by atoms with E-state index in [9.17, 15) is 4.79 Å². The van der Waals surface area contributed by atoms with Crippen molar-refractivity contribution in [1.82, 2.24) is 15.2 Å². The molecule has 1 N–H and O–H groups in total. The van der Waals surface area contributed by atoms with E-state index < -0.39 is 0 Å². The van der Waals surface area contributed by atoms with Crippen molar-refractivity contribution in [3.05, 3.63) is 30.1 Å². The molecule has 2 rings (SSSR count). The molecule has 0 aliphatic carbocycles. The lowest BCUT2D eigenvalue weighted by atomic mass is 9.92. The molecule has 20 heavy (non-hydrogen) atoms. The fourth-order valence-corrected chi connectivity index (χ4v) is 3.08. The maximum Gasteiger partial charge on any atom is 0.252 e. The van der Waals surface area contributed by atoms with Crippen molar-refractivity contribution in [2.75, 3.05) is 26.2 Å². The molecule has 1 aromatic heterocycles. The number of pyridine rings is 1. The van der Waals surface area contributed by atoms with Crippen molar-refractivity contribution in [3.8, 4) is 0 Å². The normalized spacial score (nSPS) is 23.5. The molecule has 1 fully saturated rings. The van der Waals surface area contributed by atoms with Gasteiger partial charge in [0.05, 0.1) is 5.56 Å². The Morgan fingerprint density at radius 1 is 1.40 bits per heavy atom.